The predicted molar refractivity (Wildman–Crippen MR) is 102 cm³/mol. The van der Waals surface area contributed by atoms with Crippen LogP contribution >= 0.6 is 0 Å². The van der Waals surface area contributed by atoms with Crippen molar-refractivity contribution >= 4 is 11.9 Å². The summed E-state index contributed by atoms with van der Waals surface area (Å²) in [5, 5.41) is 3.35. The van der Waals surface area contributed by atoms with E-state index in [0.717, 1.165) is 63.9 Å². The van der Waals surface area contributed by atoms with E-state index in [1.165, 1.54) is 12.8 Å². The van der Waals surface area contributed by atoms with Gasteiger partial charge in [-0.2, -0.15) is 0 Å². The Bertz CT molecular complexity index is 454. The Hall–Kier alpha value is -1.30. The molecule has 2 rings (SSSR count). The molecule has 1 N–H and O–H groups in total. The highest BCUT2D eigenvalue weighted by atomic mass is 16.5. The summed E-state index contributed by atoms with van der Waals surface area (Å²) in [5.74, 6) is 1.89. The predicted octanol–water partition coefficient (Wildman–Crippen LogP) is 1.96. The van der Waals surface area contributed by atoms with E-state index in [1.54, 1.807) is 4.90 Å². The van der Waals surface area contributed by atoms with Gasteiger partial charge in [0.05, 0.1) is 18.6 Å². The summed E-state index contributed by atoms with van der Waals surface area (Å²) in [6.07, 6.45) is 6.78. The fourth-order valence-electron chi connectivity index (χ4n) is 3.50. The first-order chi connectivity index (χ1) is 12.0. The minimum Gasteiger partial charge on any atom is -0.379 e. The molecular weight excluding hydrogens is 316 g/mol. The summed E-state index contributed by atoms with van der Waals surface area (Å²) in [4.78, 5) is 21.4. The molecule has 6 heteroatoms. The number of guanidine groups is 1. The standard InChI is InChI=1S/C19H36N4O2/c1-5-20-18(23(4)12-13-25-14-16-8-9-16)21-15-19(10-6-7-11-19)17(24)22(2)3/h16H,5-15H2,1-4H3,(H,20,21). The number of amides is 1. The van der Waals surface area contributed by atoms with E-state index in [2.05, 4.69) is 17.1 Å². The Morgan fingerprint density at radius 3 is 2.48 bits per heavy atom. The fourth-order valence-corrected chi connectivity index (χ4v) is 3.50. The minimum absolute atomic E-state index is 0.222. The Kier molecular flexibility index (Phi) is 7.54. The molecule has 0 bridgehead atoms. The van der Waals surface area contributed by atoms with Crippen molar-refractivity contribution in [2.75, 3.05) is 54.0 Å². The number of ether oxygens (including phenoxy) is 1. The summed E-state index contributed by atoms with van der Waals surface area (Å²) >= 11 is 0. The van der Waals surface area contributed by atoms with E-state index in [-0.39, 0.29) is 11.3 Å². The summed E-state index contributed by atoms with van der Waals surface area (Å²) in [7, 11) is 5.73. The molecule has 0 heterocycles. The number of likely N-dealkylation sites (N-methyl/N-ethyl adjacent to an activating group) is 1. The molecule has 2 aliphatic rings. The molecule has 2 fully saturated rings. The van der Waals surface area contributed by atoms with Crippen LogP contribution in [0.25, 0.3) is 0 Å². The van der Waals surface area contributed by atoms with Gasteiger partial charge in [0.15, 0.2) is 5.96 Å². The molecule has 0 aromatic heterocycles. The third-order valence-electron chi connectivity index (χ3n) is 5.27. The lowest BCUT2D eigenvalue weighted by Crippen LogP contribution is -2.44. The fraction of sp³-hybridized carbons (Fsp3) is 0.895. The highest BCUT2D eigenvalue weighted by Crippen LogP contribution is 2.39. The third-order valence-corrected chi connectivity index (χ3v) is 5.27. The monoisotopic (exact) mass is 352 g/mol. The lowest BCUT2D eigenvalue weighted by Gasteiger charge is -2.30. The average molecular weight is 353 g/mol. The lowest BCUT2D eigenvalue weighted by atomic mass is 9.85. The summed E-state index contributed by atoms with van der Waals surface area (Å²) in [6, 6.07) is 0. The van der Waals surface area contributed by atoms with Gasteiger partial charge in [-0.25, -0.2) is 0 Å². The smallest absolute Gasteiger partial charge is 0.230 e. The van der Waals surface area contributed by atoms with Crippen LogP contribution in [0.2, 0.25) is 0 Å². The first-order valence-corrected chi connectivity index (χ1v) is 9.77. The molecule has 0 aromatic rings. The van der Waals surface area contributed by atoms with Crippen LogP contribution in [0, 0.1) is 11.3 Å². The van der Waals surface area contributed by atoms with Crippen molar-refractivity contribution in [1.82, 2.24) is 15.1 Å². The van der Waals surface area contributed by atoms with Gasteiger partial charge in [-0.15, -0.1) is 0 Å². The van der Waals surface area contributed by atoms with Gasteiger partial charge in [-0.3, -0.25) is 9.79 Å². The van der Waals surface area contributed by atoms with Gasteiger partial charge in [-0.05, 0) is 38.5 Å². The number of nitrogens with one attached hydrogen (secondary N) is 1. The molecule has 0 unspecified atom stereocenters. The first kappa shape index (κ1) is 20.0. The molecule has 0 atom stereocenters. The van der Waals surface area contributed by atoms with Crippen molar-refractivity contribution in [2.24, 2.45) is 16.3 Å². The van der Waals surface area contributed by atoms with Crippen molar-refractivity contribution in [3.63, 3.8) is 0 Å². The largest absolute Gasteiger partial charge is 0.379 e. The molecule has 0 saturated heterocycles. The molecule has 0 aromatic carbocycles. The number of rotatable bonds is 9. The van der Waals surface area contributed by atoms with E-state index in [4.69, 9.17) is 9.73 Å². The summed E-state index contributed by atoms with van der Waals surface area (Å²) in [5.41, 5.74) is -0.312. The normalized spacial score (nSPS) is 19.8. The van der Waals surface area contributed by atoms with Gasteiger partial charge in [0, 0.05) is 40.8 Å². The minimum atomic E-state index is -0.312. The Labute approximate surface area is 153 Å². The van der Waals surface area contributed by atoms with Gasteiger partial charge in [0.1, 0.15) is 0 Å². The second-order valence-corrected chi connectivity index (χ2v) is 7.80. The molecule has 2 saturated carbocycles. The molecule has 6 nitrogen and oxygen atoms in total. The SMILES string of the molecule is CCNC(=NCC1(C(=O)N(C)C)CCCC1)N(C)CCOCC1CC1. The van der Waals surface area contributed by atoms with Crippen molar-refractivity contribution in [1.29, 1.82) is 0 Å². The highest BCUT2D eigenvalue weighted by molar-refractivity contribution is 5.84. The quantitative estimate of drug-likeness (QED) is 0.391. The lowest BCUT2D eigenvalue weighted by molar-refractivity contribution is -0.138. The van der Waals surface area contributed by atoms with Crippen LogP contribution in [-0.2, 0) is 9.53 Å². The van der Waals surface area contributed by atoms with E-state index < -0.39 is 0 Å². The molecule has 0 spiro atoms. The molecule has 25 heavy (non-hydrogen) atoms. The van der Waals surface area contributed by atoms with Crippen molar-refractivity contribution in [3.05, 3.63) is 0 Å². The zero-order valence-corrected chi connectivity index (χ0v) is 16.5. The summed E-state index contributed by atoms with van der Waals surface area (Å²) < 4.78 is 5.74. The van der Waals surface area contributed by atoms with Gasteiger partial charge in [0.25, 0.3) is 0 Å². The molecule has 2 aliphatic carbocycles. The van der Waals surface area contributed by atoms with Gasteiger partial charge < -0.3 is 19.9 Å². The molecule has 1 amide bonds. The van der Waals surface area contributed by atoms with Crippen molar-refractivity contribution in [2.45, 2.75) is 45.4 Å². The maximum atomic E-state index is 12.7. The van der Waals surface area contributed by atoms with Crippen LogP contribution in [0.15, 0.2) is 4.99 Å². The van der Waals surface area contributed by atoms with Gasteiger partial charge in [0.2, 0.25) is 5.91 Å². The molecule has 0 aliphatic heterocycles. The maximum absolute atomic E-state index is 12.7. The van der Waals surface area contributed by atoms with Crippen LogP contribution in [0.4, 0.5) is 0 Å². The number of hydrogen-bond acceptors (Lipinski definition) is 3. The average Bonchev–Trinajstić information content (AvgIpc) is 3.30. The Balaban J connectivity index is 1.92. The van der Waals surface area contributed by atoms with Crippen molar-refractivity contribution < 1.29 is 9.53 Å². The van der Waals surface area contributed by atoms with Crippen molar-refractivity contribution in [3.8, 4) is 0 Å². The number of carbonyl (C=O) groups excluding carboxylic acids is 1. The van der Waals surface area contributed by atoms with Crippen LogP contribution in [-0.4, -0.2) is 75.7 Å². The van der Waals surface area contributed by atoms with Crippen LogP contribution in [0.1, 0.15) is 45.4 Å². The van der Waals surface area contributed by atoms with Crippen LogP contribution < -0.4 is 5.32 Å². The second kappa shape index (κ2) is 9.41. The zero-order valence-electron chi connectivity index (χ0n) is 16.5. The zero-order chi connectivity index (χ0) is 18.3. The number of hydrogen-bond donors (Lipinski definition) is 1. The topological polar surface area (TPSA) is 57.2 Å². The maximum Gasteiger partial charge on any atom is 0.230 e. The Morgan fingerprint density at radius 2 is 1.92 bits per heavy atom. The Morgan fingerprint density at radius 1 is 1.24 bits per heavy atom. The van der Waals surface area contributed by atoms with E-state index in [0.29, 0.717) is 6.54 Å². The van der Waals surface area contributed by atoms with Gasteiger partial charge >= 0.3 is 0 Å². The summed E-state index contributed by atoms with van der Waals surface area (Å²) in [6.45, 7) is 5.89. The molecule has 0 radical (unpaired) electrons. The van der Waals surface area contributed by atoms with Gasteiger partial charge in [-0.1, -0.05) is 12.8 Å². The number of aliphatic imine (C=N–C) groups is 1. The van der Waals surface area contributed by atoms with E-state index >= 15 is 0 Å². The molecular formula is C19H36N4O2. The number of carbonyl (C=O) groups is 1. The highest BCUT2D eigenvalue weighted by Gasteiger charge is 2.42. The van der Waals surface area contributed by atoms with Crippen LogP contribution in [0.3, 0.4) is 0 Å². The first-order valence-electron chi connectivity index (χ1n) is 9.77. The second-order valence-electron chi connectivity index (χ2n) is 7.80. The van der Waals surface area contributed by atoms with E-state index in [9.17, 15) is 4.79 Å². The van der Waals surface area contributed by atoms with Crippen LogP contribution in [0.5, 0.6) is 0 Å². The third kappa shape index (κ3) is 5.87. The number of nitrogens with zero attached hydrogens (tertiary/aromatic N) is 3. The molecule has 144 valence electrons. The van der Waals surface area contributed by atoms with E-state index in [1.807, 2.05) is 21.1 Å².